The minimum absolute atomic E-state index is 0.0258. The second-order valence-electron chi connectivity index (χ2n) is 6.26. The smallest absolute Gasteiger partial charge is 0.239 e. The number of nitrogens with one attached hydrogen (secondary N) is 2. The van der Waals surface area contributed by atoms with Gasteiger partial charge in [-0.15, -0.1) is 0 Å². The van der Waals surface area contributed by atoms with Crippen LogP contribution >= 0.6 is 0 Å². The molecule has 0 aromatic carbocycles. The first kappa shape index (κ1) is 17.8. The normalized spacial score (nSPS) is 22.8. The molecule has 0 saturated heterocycles. The van der Waals surface area contributed by atoms with Crippen LogP contribution in [0.1, 0.15) is 46.0 Å². The van der Waals surface area contributed by atoms with Gasteiger partial charge in [-0.1, -0.05) is 26.7 Å². The molecular weight excluding hydrogens is 264 g/mol. The summed E-state index contributed by atoms with van der Waals surface area (Å²) < 4.78 is 0. The van der Waals surface area contributed by atoms with Crippen molar-refractivity contribution in [2.24, 2.45) is 16.8 Å². The summed E-state index contributed by atoms with van der Waals surface area (Å²) in [5, 5.41) is 6.00. The summed E-state index contributed by atoms with van der Waals surface area (Å²) in [6.07, 6.45) is 6.24. The summed E-state index contributed by atoms with van der Waals surface area (Å²) in [5.74, 6) is 2.46. The maximum Gasteiger partial charge on any atom is 0.239 e. The Hall–Kier alpha value is -1.26. The molecule has 0 spiro atoms. The molecule has 0 atom stereocenters. The summed E-state index contributed by atoms with van der Waals surface area (Å²) in [6, 6.07) is 0. The molecule has 1 fully saturated rings. The van der Waals surface area contributed by atoms with Gasteiger partial charge in [0, 0.05) is 27.2 Å². The molecular formula is C16H32N4O. The fourth-order valence-corrected chi connectivity index (χ4v) is 2.86. The topological polar surface area (TPSA) is 56.7 Å². The number of carbonyl (C=O) groups is 1. The summed E-state index contributed by atoms with van der Waals surface area (Å²) in [7, 11) is 3.82. The quantitative estimate of drug-likeness (QED) is 0.581. The maximum absolute atomic E-state index is 11.6. The van der Waals surface area contributed by atoms with Crippen LogP contribution in [0.3, 0.4) is 0 Å². The summed E-state index contributed by atoms with van der Waals surface area (Å²) in [4.78, 5) is 18.0. The molecule has 1 aliphatic carbocycles. The number of rotatable bonds is 6. The summed E-state index contributed by atoms with van der Waals surface area (Å²) in [5.41, 5.74) is 0. The predicted molar refractivity (Wildman–Crippen MR) is 88.4 cm³/mol. The third kappa shape index (κ3) is 6.82. The van der Waals surface area contributed by atoms with Crippen molar-refractivity contribution in [3.05, 3.63) is 0 Å². The Morgan fingerprint density at radius 1 is 1.24 bits per heavy atom. The van der Waals surface area contributed by atoms with Gasteiger partial charge in [0.05, 0.1) is 6.54 Å². The fourth-order valence-electron chi connectivity index (χ4n) is 2.86. The zero-order chi connectivity index (χ0) is 15.7. The molecule has 5 heteroatoms. The maximum atomic E-state index is 11.6. The Balaban J connectivity index is 2.32. The van der Waals surface area contributed by atoms with Crippen LogP contribution in [-0.4, -0.2) is 50.5 Å². The lowest BCUT2D eigenvalue weighted by Gasteiger charge is -2.31. The van der Waals surface area contributed by atoms with E-state index in [4.69, 9.17) is 0 Å². The molecule has 21 heavy (non-hydrogen) atoms. The standard InChI is InChI=1S/C16H32N4O/c1-5-10-18-15(21)11-19-16(17-3)20(4)12-14-8-6-13(2)7-9-14/h13-14H,5-12H2,1-4H3,(H,17,19)(H,18,21). The van der Waals surface area contributed by atoms with E-state index < -0.39 is 0 Å². The molecule has 0 aliphatic heterocycles. The van der Waals surface area contributed by atoms with Crippen molar-refractivity contribution < 1.29 is 4.79 Å². The van der Waals surface area contributed by atoms with Gasteiger partial charge in [-0.25, -0.2) is 0 Å². The molecule has 0 unspecified atom stereocenters. The van der Waals surface area contributed by atoms with Crippen molar-refractivity contribution in [3.8, 4) is 0 Å². The Bertz CT molecular complexity index is 335. The number of nitrogens with zero attached hydrogens (tertiary/aromatic N) is 2. The number of aliphatic imine (C=N–C) groups is 1. The van der Waals surface area contributed by atoms with Gasteiger partial charge in [-0.05, 0) is 31.1 Å². The third-order valence-corrected chi connectivity index (χ3v) is 4.22. The highest BCUT2D eigenvalue weighted by atomic mass is 16.1. The molecule has 0 radical (unpaired) electrons. The van der Waals surface area contributed by atoms with E-state index in [0.29, 0.717) is 6.54 Å². The molecule has 1 aliphatic rings. The number of hydrogen-bond donors (Lipinski definition) is 2. The number of carbonyl (C=O) groups excluding carboxylic acids is 1. The lowest BCUT2D eigenvalue weighted by molar-refractivity contribution is -0.120. The van der Waals surface area contributed by atoms with Crippen molar-refractivity contribution in [1.82, 2.24) is 15.5 Å². The van der Waals surface area contributed by atoms with E-state index in [2.05, 4.69) is 34.5 Å². The van der Waals surface area contributed by atoms with Crippen molar-refractivity contribution in [3.63, 3.8) is 0 Å². The van der Waals surface area contributed by atoms with Gasteiger partial charge in [-0.3, -0.25) is 9.79 Å². The second-order valence-corrected chi connectivity index (χ2v) is 6.26. The van der Waals surface area contributed by atoms with Gasteiger partial charge in [0.15, 0.2) is 5.96 Å². The molecule has 0 aromatic rings. The Morgan fingerprint density at radius 3 is 2.48 bits per heavy atom. The van der Waals surface area contributed by atoms with E-state index in [9.17, 15) is 4.79 Å². The zero-order valence-corrected chi connectivity index (χ0v) is 14.1. The van der Waals surface area contributed by atoms with Gasteiger partial charge in [-0.2, -0.15) is 0 Å². The van der Waals surface area contributed by atoms with Gasteiger partial charge in [0.1, 0.15) is 0 Å². The van der Waals surface area contributed by atoms with Gasteiger partial charge >= 0.3 is 0 Å². The number of amides is 1. The Kier molecular flexibility index (Phi) is 8.16. The number of guanidine groups is 1. The first-order valence-corrected chi connectivity index (χ1v) is 8.25. The SMILES string of the molecule is CCCNC(=O)CNC(=NC)N(C)CC1CCC(C)CC1. The second kappa shape index (κ2) is 9.64. The molecule has 0 aromatic heterocycles. The molecule has 1 saturated carbocycles. The van der Waals surface area contributed by atoms with Crippen LogP contribution in [0.5, 0.6) is 0 Å². The highest BCUT2D eigenvalue weighted by Gasteiger charge is 2.20. The largest absolute Gasteiger partial charge is 0.355 e. The minimum Gasteiger partial charge on any atom is -0.355 e. The summed E-state index contributed by atoms with van der Waals surface area (Å²) >= 11 is 0. The van der Waals surface area contributed by atoms with E-state index in [-0.39, 0.29) is 5.91 Å². The van der Waals surface area contributed by atoms with Crippen LogP contribution in [0.15, 0.2) is 4.99 Å². The lowest BCUT2D eigenvalue weighted by Crippen LogP contribution is -2.45. The average molecular weight is 296 g/mol. The van der Waals surface area contributed by atoms with Crippen molar-refractivity contribution >= 4 is 11.9 Å². The van der Waals surface area contributed by atoms with Crippen molar-refractivity contribution in [1.29, 1.82) is 0 Å². The molecule has 2 N–H and O–H groups in total. The van der Waals surface area contributed by atoms with Gasteiger partial charge < -0.3 is 15.5 Å². The fraction of sp³-hybridized carbons (Fsp3) is 0.875. The van der Waals surface area contributed by atoms with Crippen LogP contribution in [0.4, 0.5) is 0 Å². The van der Waals surface area contributed by atoms with Crippen LogP contribution in [0.25, 0.3) is 0 Å². The minimum atomic E-state index is 0.0258. The average Bonchev–Trinajstić information content (AvgIpc) is 2.48. The van der Waals surface area contributed by atoms with E-state index >= 15 is 0 Å². The van der Waals surface area contributed by atoms with Crippen molar-refractivity contribution in [2.45, 2.75) is 46.0 Å². The van der Waals surface area contributed by atoms with Gasteiger partial charge in [0.2, 0.25) is 5.91 Å². The van der Waals surface area contributed by atoms with E-state index in [1.807, 2.05) is 6.92 Å². The summed E-state index contributed by atoms with van der Waals surface area (Å²) in [6.45, 7) is 6.43. The first-order chi connectivity index (χ1) is 10.1. The first-order valence-electron chi connectivity index (χ1n) is 8.25. The zero-order valence-electron chi connectivity index (χ0n) is 14.1. The van der Waals surface area contributed by atoms with Crippen LogP contribution < -0.4 is 10.6 Å². The highest BCUT2D eigenvalue weighted by molar-refractivity contribution is 5.86. The van der Waals surface area contributed by atoms with Crippen molar-refractivity contribution in [2.75, 3.05) is 33.7 Å². The molecule has 122 valence electrons. The van der Waals surface area contributed by atoms with E-state index in [1.54, 1.807) is 7.05 Å². The Morgan fingerprint density at radius 2 is 1.90 bits per heavy atom. The van der Waals surface area contributed by atoms with Crippen LogP contribution in [0, 0.1) is 11.8 Å². The molecule has 0 heterocycles. The number of hydrogen-bond acceptors (Lipinski definition) is 2. The monoisotopic (exact) mass is 296 g/mol. The van der Waals surface area contributed by atoms with Gasteiger partial charge in [0.25, 0.3) is 0 Å². The van der Waals surface area contributed by atoms with Crippen LogP contribution in [0.2, 0.25) is 0 Å². The van der Waals surface area contributed by atoms with E-state index in [0.717, 1.165) is 37.3 Å². The molecule has 0 bridgehead atoms. The predicted octanol–water partition coefficient (Wildman–Crippen LogP) is 1.85. The highest BCUT2D eigenvalue weighted by Crippen LogP contribution is 2.28. The lowest BCUT2D eigenvalue weighted by atomic mass is 9.83. The Labute approximate surface area is 129 Å². The third-order valence-electron chi connectivity index (χ3n) is 4.22. The van der Waals surface area contributed by atoms with Crippen LogP contribution in [-0.2, 0) is 4.79 Å². The molecule has 1 amide bonds. The van der Waals surface area contributed by atoms with E-state index in [1.165, 1.54) is 25.7 Å². The molecule has 1 rings (SSSR count). The molecule has 5 nitrogen and oxygen atoms in total.